The van der Waals surface area contributed by atoms with Gasteiger partial charge >= 0.3 is 0 Å². The smallest absolute Gasteiger partial charge is 0.0598 e. The molecule has 2 rings (SSSR count). The van der Waals surface area contributed by atoms with Crippen LogP contribution in [0.5, 0.6) is 0 Å². The largest absolute Gasteiger partial charge is 0.396 e. The van der Waals surface area contributed by atoms with Crippen LogP contribution in [0.2, 0.25) is 0 Å². The first kappa shape index (κ1) is 12.9. The maximum Gasteiger partial charge on any atom is 0.0598 e. The van der Waals surface area contributed by atoms with Gasteiger partial charge in [0.2, 0.25) is 0 Å². The highest BCUT2D eigenvalue weighted by Crippen LogP contribution is 2.48. The quantitative estimate of drug-likeness (QED) is 0.671. The zero-order valence-electron chi connectivity index (χ0n) is 10.6. The number of hydrogen-bond acceptors (Lipinski definition) is 3. The van der Waals surface area contributed by atoms with Crippen LogP contribution in [0.4, 0.5) is 0 Å². The predicted molar refractivity (Wildman–Crippen MR) is 69.7 cm³/mol. The molecule has 1 saturated carbocycles. The second-order valence-electron chi connectivity index (χ2n) is 5.61. The maximum atomic E-state index is 9.02. The van der Waals surface area contributed by atoms with Gasteiger partial charge < -0.3 is 10.4 Å². The molecule has 0 amide bonds. The fourth-order valence-electron chi connectivity index (χ4n) is 2.71. The Kier molecular flexibility index (Phi) is 4.44. The molecule has 0 unspecified atom stereocenters. The number of piperidine rings is 1. The van der Waals surface area contributed by atoms with Crippen LogP contribution in [0.1, 0.15) is 32.1 Å². The molecule has 2 aliphatic rings. The van der Waals surface area contributed by atoms with Gasteiger partial charge in [-0.2, -0.15) is 0 Å². The van der Waals surface area contributed by atoms with Crippen molar-refractivity contribution in [2.24, 2.45) is 5.41 Å². The van der Waals surface area contributed by atoms with E-state index in [1.54, 1.807) is 0 Å². The lowest BCUT2D eigenvalue weighted by atomic mass is 10.00. The first-order chi connectivity index (χ1) is 8.28. The van der Waals surface area contributed by atoms with Crippen molar-refractivity contribution in [1.29, 1.82) is 0 Å². The molecule has 1 heterocycles. The molecule has 2 N–H and O–H groups in total. The van der Waals surface area contributed by atoms with Gasteiger partial charge in [0.15, 0.2) is 0 Å². The van der Waals surface area contributed by atoms with Crippen molar-refractivity contribution in [3.05, 3.63) is 0 Å². The van der Waals surface area contributed by atoms with Gasteiger partial charge in [-0.05, 0) is 37.5 Å². The van der Waals surface area contributed by atoms with Crippen LogP contribution in [0, 0.1) is 17.8 Å². The number of aliphatic hydroxyl groups excluding tert-OH is 1. The van der Waals surface area contributed by atoms with Gasteiger partial charge in [0.05, 0.1) is 6.54 Å². The van der Waals surface area contributed by atoms with Crippen molar-refractivity contribution in [3.8, 4) is 12.3 Å². The average molecular weight is 236 g/mol. The van der Waals surface area contributed by atoms with Gasteiger partial charge in [0.25, 0.3) is 0 Å². The summed E-state index contributed by atoms with van der Waals surface area (Å²) in [6.07, 6.45) is 11.3. The van der Waals surface area contributed by atoms with Crippen LogP contribution >= 0.6 is 0 Å². The minimum Gasteiger partial charge on any atom is -0.396 e. The van der Waals surface area contributed by atoms with Gasteiger partial charge in [0, 0.05) is 32.3 Å². The number of hydrogen-bond donors (Lipinski definition) is 2. The van der Waals surface area contributed by atoms with E-state index in [9.17, 15) is 0 Å². The van der Waals surface area contributed by atoms with Crippen molar-refractivity contribution >= 4 is 0 Å². The molecule has 1 saturated heterocycles. The molecule has 0 radical (unpaired) electrons. The number of nitrogens with one attached hydrogen (secondary N) is 1. The SMILES string of the molecule is C#CCN1CCC(NCC2(CCO)CC2)CC1. The highest BCUT2D eigenvalue weighted by atomic mass is 16.3. The summed E-state index contributed by atoms with van der Waals surface area (Å²) >= 11 is 0. The standard InChI is InChI=1S/C14H24N2O/c1-2-8-16-9-3-13(4-10-16)15-12-14(5-6-14)7-11-17/h1,13,15,17H,3-12H2. The average Bonchev–Trinajstić information content (AvgIpc) is 3.10. The zero-order valence-corrected chi connectivity index (χ0v) is 10.6. The van der Waals surface area contributed by atoms with E-state index in [-0.39, 0.29) is 0 Å². The van der Waals surface area contributed by atoms with Gasteiger partial charge in [-0.3, -0.25) is 4.90 Å². The lowest BCUT2D eigenvalue weighted by Gasteiger charge is -2.32. The van der Waals surface area contributed by atoms with Gasteiger partial charge in [-0.15, -0.1) is 6.42 Å². The third-order valence-corrected chi connectivity index (χ3v) is 4.27. The molecule has 0 spiro atoms. The van der Waals surface area contributed by atoms with E-state index in [0.717, 1.165) is 32.6 Å². The third kappa shape index (κ3) is 3.70. The first-order valence-electron chi connectivity index (χ1n) is 6.78. The van der Waals surface area contributed by atoms with Crippen LogP contribution in [0.25, 0.3) is 0 Å². The molecule has 3 heteroatoms. The second-order valence-corrected chi connectivity index (χ2v) is 5.61. The predicted octanol–water partition coefficient (Wildman–Crippen LogP) is 0.836. The number of likely N-dealkylation sites (tertiary alicyclic amines) is 1. The number of terminal acetylenes is 1. The first-order valence-corrected chi connectivity index (χ1v) is 6.78. The molecule has 3 nitrogen and oxygen atoms in total. The summed E-state index contributed by atoms with van der Waals surface area (Å²) in [6, 6.07) is 0.653. The molecule has 0 atom stereocenters. The molecule has 0 aromatic rings. The molecule has 0 aromatic heterocycles. The van der Waals surface area contributed by atoms with Gasteiger partial charge in [-0.25, -0.2) is 0 Å². The Morgan fingerprint density at radius 1 is 1.35 bits per heavy atom. The topological polar surface area (TPSA) is 35.5 Å². The third-order valence-electron chi connectivity index (χ3n) is 4.27. The van der Waals surface area contributed by atoms with Crippen LogP contribution < -0.4 is 5.32 Å². The van der Waals surface area contributed by atoms with E-state index in [2.05, 4.69) is 16.1 Å². The Balaban J connectivity index is 1.64. The minimum atomic E-state index is 0.336. The molecular weight excluding hydrogens is 212 g/mol. The Morgan fingerprint density at radius 3 is 2.59 bits per heavy atom. The minimum absolute atomic E-state index is 0.336. The summed E-state index contributed by atoms with van der Waals surface area (Å²) in [7, 11) is 0. The van der Waals surface area contributed by atoms with E-state index in [1.807, 2.05) is 0 Å². The highest BCUT2D eigenvalue weighted by molar-refractivity contribution is 4.96. The van der Waals surface area contributed by atoms with Crippen LogP contribution in [-0.2, 0) is 0 Å². The van der Waals surface area contributed by atoms with Gasteiger partial charge in [-0.1, -0.05) is 5.92 Å². The summed E-state index contributed by atoms with van der Waals surface area (Å²) < 4.78 is 0. The molecule has 1 aliphatic carbocycles. The van der Waals surface area contributed by atoms with Crippen molar-refractivity contribution < 1.29 is 5.11 Å². The van der Waals surface area contributed by atoms with Crippen molar-refractivity contribution in [1.82, 2.24) is 10.2 Å². The lowest BCUT2D eigenvalue weighted by Crippen LogP contribution is -2.44. The molecule has 0 bridgehead atoms. The summed E-state index contributed by atoms with van der Waals surface area (Å²) in [6.45, 7) is 4.46. The van der Waals surface area contributed by atoms with Crippen molar-refractivity contribution in [3.63, 3.8) is 0 Å². The summed E-state index contributed by atoms with van der Waals surface area (Å²) in [5.74, 6) is 2.71. The number of nitrogens with zero attached hydrogens (tertiary/aromatic N) is 1. The Hall–Kier alpha value is -0.560. The Bertz CT molecular complexity index is 272. The Labute approximate surface area is 105 Å². The van der Waals surface area contributed by atoms with Crippen LogP contribution in [0.3, 0.4) is 0 Å². The van der Waals surface area contributed by atoms with E-state index in [1.165, 1.54) is 25.7 Å². The van der Waals surface area contributed by atoms with Crippen molar-refractivity contribution in [2.75, 3.05) is 32.8 Å². The summed E-state index contributed by atoms with van der Waals surface area (Å²) in [4.78, 5) is 2.35. The summed E-state index contributed by atoms with van der Waals surface area (Å²) in [5, 5.41) is 12.7. The molecule has 2 fully saturated rings. The van der Waals surface area contributed by atoms with Crippen molar-refractivity contribution in [2.45, 2.75) is 38.1 Å². The molecule has 0 aromatic carbocycles. The Morgan fingerprint density at radius 2 is 2.06 bits per heavy atom. The normalized spacial score (nSPS) is 24.5. The van der Waals surface area contributed by atoms with E-state index >= 15 is 0 Å². The highest BCUT2D eigenvalue weighted by Gasteiger charge is 2.41. The molecular formula is C14H24N2O. The van der Waals surface area contributed by atoms with Crippen LogP contribution in [0.15, 0.2) is 0 Å². The second kappa shape index (κ2) is 5.86. The molecule has 17 heavy (non-hydrogen) atoms. The van der Waals surface area contributed by atoms with Crippen LogP contribution in [-0.4, -0.2) is 48.8 Å². The monoisotopic (exact) mass is 236 g/mol. The summed E-state index contributed by atoms with van der Waals surface area (Å²) in [5.41, 5.74) is 0.435. The maximum absolute atomic E-state index is 9.02. The number of aliphatic hydroxyl groups is 1. The zero-order chi connectivity index (χ0) is 12.1. The lowest BCUT2D eigenvalue weighted by molar-refractivity contribution is 0.202. The van der Waals surface area contributed by atoms with E-state index in [0.29, 0.717) is 18.1 Å². The van der Waals surface area contributed by atoms with Gasteiger partial charge in [0.1, 0.15) is 0 Å². The molecule has 1 aliphatic heterocycles. The fourth-order valence-corrected chi connectivity index (χ4v) is 2.71. The fraction of sp³-hybridized carbons (Fsp3) is 0.857. The number of rotatable bonds is 6. The van der Waals surface area contributed by atoms with E-state index < -0.39 is 0 Å². The molecule has 96 valence electrons. The van der Waals surface area contributed by atoms with E-state index in [4.69, 9.17) is 11.5 Å².